The number of hydrogen-bond donors (Lipinski definition) is 1. The average Bonchev–Trinajstić information content (AvgIpc) is 2.47. The molecule has 0 aromatic carbocycles. The van der Waals surface area contributed by atoms with Gasteiger partial charge in [-0.15, -0.1) is 0 Å². The highest BCUT2D eigenvalue weighted by Crippen LogP contribution is 2.07. The van der Waals surface area contributed by atoms with Crippen molar-refractivity contribution in [3.8, 4) is 0 Å². The molecule has 0 radical (unpaired) electrons. The lowest BCUT2D eigenvalue weighted by molar-refractivity contribution is -0.137. The fourth-order valence-corrected chi connectivity index (χ4v) is 2.12. The van der Waals surface area contributed by atoms with Crippen LogP contribution in [0.15, 0.2) is 12.2 Å². The molecule has 0 fully saturated rings. The summed E-state index contributed by atoms with van der Waals surface area (Å²) in [5.41, 5.74) is 0. The predicted octanol–water partition coefficient (Wildman–Crippen LogP) is 4.47. The molecule has 0 heterocycles. The summed E-state index contributed by atoms with van der Waals surface area (Å²) in [6.45, 7) is 2.10. The minimum absolute atomic E-state index is 0.152. The second kappa shape index (κ2) is 14.5. The molecule has 0 aromatic rings. The molecular formula is C18H30O4. The number of carbonyl (C=O) groups excluding carboxylic acids is 2. The molecule has 0 aliphatic rings. The van der Waals surface area contributed by atoms with Crippen LogP contribution in [0, 0.1) is 0 Å². The molecule has 0 aromatic heterocycles. The van der Waals surface area contributed by atoms with E-state index in [4.69, 9.17) is 5.11 Å². The molecule has 0 saturated carbocycles. The summed E-state index contributed by atoms with van der Waals surface area (Å²) in [5, 5.41) is 8.49. The van der Waals surface area contributed by atoms with E-state index in [-0.39, 0.29) is 18.0 Å². The van der Waals surface area contributed by atoms with Gasteiger partial charge in [-0.2, -0.15) is 0 Å². The van der Waals surface area contributed by atoms with Gasteiger partial charge in [0, 0.05) is 32.1 Å². The summed E-state index contributed by atoms with van der Waals surface area (Å²) < 4.78 is 0. The van der Waals surface area contributed by atoms with Crippen molar-refractivity contribution in [1.82, 2.24) is 0 Å². The van der Waals surface area contributed by atoms with Gasteiger partial charge < -0.3 is 5.11 Å². The van der Waals surface area contributed by atoms with Crippen LogP contribution >= 0.6 is 0 Å². The van der Waals surface area contributed by atoms with E-state index < -0.39 is 5.97 Å². The Bertz CT molecular complexity index is 358. The molecule has 0 aliphatic heterocycles. The smallest absolute Gasteiger partial charge is 0.303 e. The molecule has 1 N–H and O–H groups in total. The average molecular weight is 310 g/mol. The van der Waals surface area contributed by atoms with Crippen molar-refractivity contribution in [3.05, 3.63) is 12.2 Å². The quantitative estimate of drug-likeness (QED) is 0.358. The van der Waals surface area contributed by atoms with Crippen molar-refractivity contribution in [3.63, 3.8) is 0 Å². The van der Waals surface area contributed by atoms with E-state index in [2.05, 4.69) is 6.92 Å². The van der Waals surface area contributed by atoms with Crippen LogP contribution in [0.2, 0.25) is 0 Å². The highest BCUT2D eigenvalue weighted by atomic mass is 16.4. The minimum atomic E-state index is -0.751. The van der Waals surface area contributed by atoms with E-state index in [0.29, 0.717) is 38.5 Å². The molecule has 22 heavy (non-hydrogen) atoms. The third-order valence-corrected chi connectivity index (χ3v) is 3.51. The molecular weight excluding hydrogens is 280 g/mol. The number of Topliss-reactive ketones (excluding diaryl/α,β-unsaturated/α-hetero) is 2. The van der Waals surface area contributed by atoms with Crippen LogP contribution in [-0.2, 0) is 14.4 Å². The SMILES string of the molecule is CCCCCC(=O)CCC(=O)CCC=CCCCCC(=O)O. The first-order valence-corrected chi connectivity index (χ1v) is 8.46. The van der Waals surface area contributed by atoms with Crippen LogP contribution in [0.25, 0.3) is 0 Å². The van der Waals surface area contributed by atoms with Crippen molar-refractivity contribution in [1.29, 1.82) is 0 Å². The van der Waals surface area contributed by atoms with Crippen molar-refractivity contribution in [2.24, 2.45) is 0 Å². The lowest BCUT2D eigenvalue weighted by atomic mass is 10.0. The van der Waals surface area contributed by atoms with Crippen molar-refractivity contribution in [2.75, 3.05) is 0 Å². The van der Waals surface area contributed by atoms with Gasteiger partial charge in [0.1, 0.15) is 11.6 Å². The summed E-state index contributed by atoms with van der Waals surface area (Å²) in [7, 11) is 0. The standard InChI is InChI=1S/C18H30O4/c1-2-3-8-11-16(19)14-15-17(20)12-9-6-4-5-7-10-13-18(21)22/h4,6H,2-3,5,7-15H2,1H3,(H,21,22). The maximum Gasteiger partial charge on any atom is 0.303 e. The Morgan fingerprint density at radius 2 is 1.32 bits per heavy atom. The molecule has 0 atom stereocenters. The molecule has 4 heteroatoms. The third kappa shape index (κ3) is 14.9. The van der Waals surface area contributed by atoms with Gasteiger partial charge in [-0.1, -0.05) is 31.9 Å². The van der Waals surface area contributed by atoms with Gasteiger partial charge in [0.05, 0.1) is 0 Å². The van der Waals surface area contributed by atoms with Crippen LogP contribution in [0.5, 0.6) is 0 Å². The highest BCUT2D eigenvalue weighted by Gasteiger charge is 2.06. The van der Waals surface area contributed by atoms with Gasteiger partial charge >= 0.3 is 5.97 Å². The number of carboxylic acid groups (broad SMARTS) is 1. The lowest BCUT2D eigenvalue weighted by Crippen LogP contribution is -2.03. The summed E-state index contributed by atoms with van der Waals surface area (Å²) in [4.78, 5) is 33.5. The van der Waals surface area contributed by atoms with Gasteiger partial charge in [-0.25, -0.2) is 0 Å². The zero-order valence-electron chi connectivity index (χ0n) is 13.8. The topological polar surface area (TPSA) is 71.4 Å². The third-order valence-electron chi connectivity index (χ3n) is 3.51. The fraction of sp³-hybridized carbons (Fsp3) is 0.722. The Balaban J connectivity index is 3.49. The summed E-state index contributed by atoms with van der Waals surface area (Å²) in [6, 6.07) is 0. The number of aliphatic carboxylic acids is 1. The molecule has 0 aliphatic carbocycles. The van der Waals surface area contributed by atoms with E-state index in [1.165, 1.54) is 0 Å². The number of hydrogen-bond acceptors (Lipinski definition) is 3. The first-order chi connectivity index (χ1) is 10.6. The number of carbonyl (C=O) groups is 3. The first kappa shape index (κ1) is 20.6. The Morgan fingerprint density at radius 1 is 0.727 bits per heavy atom. The molecule has 0 unspecified atom stereocenters. The van der Waals surface area contributed by atoms with Gasteiger partial charge in [0.15, 0.2) is 0 Å². The van der Waals surface area contributed by atoms with E-state index in [0.717, 1.165) is 32.1 Å². The second-order valence-electron chi connectivity index (χ2n) is 5.68. The second-order valence-corrected chi connectivity index (χ2v) is 5.68. The van der Waals surface area contributed by atoms with E-state index in [1.807, 2.05) is 12.2 Å². The normalized spacial score (nSPS) is 11.0. The minimum Gasteiger partial charge on any atom is -0.481 e. The number of rotatable bonds is 15. The van der Waals surface area contributed by atoms with E-state index in [1.54, 1.807) is 0 Å². The van der Waals surface area contributed by atoms with Crippen LogP contribution in [-0.4, -0.2) is 22.6 Å². The monoisotopic (exact) mass is 310 g/mol. The van der Waals surface area contributed by atoms with E-state index in [9.17, 15) is 14.4 Å². The summed E-state index contributed by atoms with van der Waals surface area (Å²) in [5.74, 6) is -0.394. The maximum absolute atomic E-state index is 11.6. The molecule has 0 spiro atoms. The van der Waals surface area contributed by atoms with Gasteiger partial charge in [0.2, 0.25) is 0 Å². The molecule has 0 saturated heterocycles. The molecule has 0 rings (SSSR count). The summed E-state index contributed by atoms with van der Waals surface area (Å²) >= 11 is 0. The Labute approximate surface area is 134 Å². The number of allylic oxidation sites excluding steroid dienone is 2. The van der Waals surface area contributed by atoms with Gasteiger partial charge in [-0.05, 0) is 32.1 Å². The van der Waals surface area contributed by atoms with Gasteiger partial charge in [-0.3, -0.25) is 14.4 Å². The molecule has 0 amide bonds. The maximum atomic E-state index is 11.6. The van der Waals surface area contributed by atoms with Crippen LogP contribution in [0.1, 0.15) is 84.0 Å². The van der Waals surface area contributed by atoms with E-state index >= 15 is 0 Å². The molecule has 126 valence electrons. The predicted molar refractivity (Wildman–Crippen MR) is 87.9 cm³/mol. The number of unbranched alkanes of at least 4 members (excludes halogenated alkanes) is 4. The first-order valence-electron chi connectivity index (χ1n) is 8.46. The number of carboxylic acids is 1. The van der Waals surface area contributed by atoms with Crippen LogP contribution < -0.4 is 0 Å². The van der Waals surface area contributed by atoms with Gasteiger partial charge in [0.25, 0.3) is 0 Å². The van der Waals surface area contributed by atoms with Crippen molar-refractivity contribution >= 4 is 17.5 Å². The largest absolute Gasteiger partial charge is 0.481 e. The highest BCUT2D eigenvalue weighted by molar-refractivity contribution is 5.85. The zero-order valence-corrected chi connectivity index (χ0v) is 13.8. The van der Waals surface area contributed by atoms with Crippen LogP contribution in [0.3, 0.4) is 0 Å². The summed E-state index contributed by atoms with van der Waals surface area (Å²) in [6.07, 6.45) is 12.3. The Morgan fingerprint density at radius 3 is 1.95 bits per heavy atom. The van der Waals surface area contributed by atoms with Crippen molar-refractivity contribution < 1.29 is 19.5 Å². The zero-order chi connectivity index (χ0) is 16.6. The molecule has 4 nitrogen and oxygen atoms in total. The fourth-order valence-electron chi connectivity index (χ4n) is 2.12. The van der Waals surface area contributed by atoms with Crippen molar-refractivity contribution in [2.45, 2.75) is 84.0 Å². The lowest BCUT2D eigenvalue weighted by Gasteiger charge is -2.00. The Hall–Kier alpha value is -1.45. The van der Waals surface area contributed by atoms with Crippen LogP contribution in [0.4, 0.5) is 0 Å². The Kier molecular flexibility index (Phi) is 13.5. The molecule has 0 bridgehead atoms. The number of ketones is 2.